The molecule has 0 spiro atoms. The molecule has 156 valence electrons. The van der Waals surface area contributed by atoms with Gasteiger partial charge in [0.1, 0.15) is 0 Å². The van der Waals surface area contributed by atoms with Crippen LogP contribution in [0.3, 0.4) is 0 Å². The van der Waals surface area contributed by atoms with Crippen LogP contribution in [0.1, 0.15) is 28.8 Å². The van der Waals surface area contributed by atoms with Crippen molar-refractivity contribution >= 4 is 21.6 Å². The standard InChI is InChI=1S/C21H27N3O4S/c1-24(2)18-6-3-5-16(13-18)14-22-21(25)17-8-10-20(11-9-17)29(26,27)23-15-19-7-4-12-28-19/h3,5-6,8-11,13,19,23H,4,7,12,14-15H2,1-2H3,(H,22,25). The Balaban J connectivity index is 1.57. The number of anilines is 1. The fourth-order valence-electron chi connectivity index (χ4n) is 3.11. The second-order valence-corrected chi connectivity index (χ2v) is 9.03. The Morgan fingerprint density at radius 3 is 2.59 bits per heavy atom. The number of carbonyl (C=O) groups excluding carboxylic acids is 1. The maximum absolute atomic E-state index is 12.4. The van der Waals surface area contributed by atoms with Crippen molar-refractivity contribution in [3.8, 4) is 0 Å². The molecule has 7 nitrogen and oxygen atoms in total. The minimum atomic E-state index is -3.62. The van der Waals surface area contributed by atoms with Gasteiger partial charge in [-0.1, -0.05) is 12.1 Å². The van der Waals surface area contributed by atoms with E-state index in [1.807, 2.05) is 43.3 Å². The highest BCUT2D eigenvalue weighted by Gasteiger charge is 2.20. The smallest absolute Gasteiger partial charge is 0.251 e. The Morgan fingerprint density at radius 1 is 1.17 bits per heavy atom. The lowest BCUT2D eigenvalue weighted by Gasteiger charge is -2.14. The van der Waals surface area contributed by atoms with Gasteiger partial charge in [0.05, 0.1) is 11.0 Å². The summed E-state index contributed by atoms with van der Waals surface area (Å²) in [5.41, 5.74) is 2.45. The van der Waals surface area contributed by atoms with Crippen LogP contribution in [-0.2, 0) is 21.3 Å². The van der Waals surface area contributed by atoms with Gasteiger partial charge >= 0.3 is 0 Å². The molecule has 1 saturated heterocycles. The summed E-state index contributed by atoms with van der Waals surface area (Å²) >= 11 is 0. The number of hydrogen-bond acceptors (Lipinski definition) is 5. The molecular formula is C21H27N3O4S. The lowest BCUT2D eigenvalue weighted by Crippen LogP contribution is -2.31. The summed E-state index contributed by atoms with van der Waals surface area (Å²) in [6.45, 7) is 1.33. The summed E-state index contributed by atoms with van der Waals surface area (Å²) in [5.74, 6) is -0.253. The van der Waals surface area contributed by atoms with E-state index in [0.29, 0.717) is 18.7 Å². The van der Waals surface area contributed by atoms with Crippen LogP contribution in [0.2, 0.25) is 0 Å². The number of nitrogens with zero attached hydrogens (tertiary/aromatic N) is 1. The van der Waals surface area contributed by atoms with E-state index in [2.05, 4.69) is 10.0 Å². The van der Waals surface area contributed by atoms with E-state index in [0.717, 1.165) is 24.1 Å². The van der Waals surface area contributed by atoms with Crippen molar-refractivity contribution in [3.05, 3.63) is 59.7 Å². The van der Waals surface area contributed by atoms with Gasteiger partial charge in [-0.05, 0) is 54.8 Å². The van der Waals surface area contributed by atoms with E-state index in [4.69, 9.17) is 4.74 Å². The zero-order valence-corrected chi connectivity index (χ0v) is 17.5. The van der Waals surface area contributed by atoms with Gasteiger partial charge in [0, 0.05) is 45.0 Å². The molecule has 0 bridgehead atoms. The van der Waals surface area contributed by atoms with Gasteiger partial charge in [-0.15, -0.1) is 0 Å². The van der Waals surface area contributed by atoms with Crippen molar-refractivity contribution in [1.29, 1.82) is 0 Å². The highest BCUT2D eigenvalue weighted by molar-refractivity contribution is 7.89. The van der Waals surface area contributed by atoms with Gasteiger partial charge in [-0.2, -0.15) is 0 Å². The van der Waals surface area contributed by atoms with E-state index in [-0.39, 0.29) is 23.5 Å². The number of rotatable bonds is 8. The van der Waals surface area contributed by atoms with Crippen LogP contribution < -0.4 is 14.9 Å². The summed E-state index contributed by atoms with van der Waals surface area (Å²) < 4.78 is 32.8. The van der Waals surface area contributed by atoms with Gasteiger partial charge < -0.3 is 15.0 Å². The number of benzene rings is 2. The predicted octanol–water partition coefficient (Wildman–Crippen LogP) is 2.14. The SMILES string of the molecule is CN(C)c1cccc(CNC(=O)c2ccc(S(=O)(=O)NCC3CCCO3)cc2)c1. The van der Waals surface area contributed by atoms with Crippen molar-refractivity contribution in [2.45, 2.75) is 30.4 Å². The summed E-state index contributed by atoms with van der Waals surface area (Å²) in [6.07, 6.45) is 1.75. The van der Waals surface area contributed by atoms with Crippen LogP contribution in [0.15, 0.2) is 53.4 Å². The minimum Gasteiger partial charge on any atom is -0.378 e. The van der Waals surface area contributed by atoms with Crippen molar-refractivity contribution in [1.82, 2.24) is 10.0 Å². The molecule has 0 aromatic heterocycles. The van der Waals surface area contributed by atoms with E-state index in [1.54, 1.807) is 0 Å². The first-order chi connectivity index (χ1) is 13.8. The largest absolute Gasteiger partial charge is 0.378 e. The summed E-state index contributed by atoms with van der Waals surface area (Å²) in [7, 11) is 0.298. The third-order valence-corrected chi connectivity index (χ3v) is 6.27. The number of carbonyl (C=O) groups is 1. The molecule has 8 heteroatoms. The summed E-state index contributed by atoms with van der Waals surface area (Å²) in [4.78, 5) is 14.5. The summed E-state index contributed by atoms with van der Waals surface area (Å²) in [6, 6.07) is 13.8. The van der Waals surface area contributed by atoms with Gasteiger partial charge in [0.2, 0.25) is 10.0 Å². The normalized spacial score (nSPS) is 16.6. The molecule has 1 aliphatic heterocycles. The molecule has 0 aliphatic carbocycles. The van der Waals surface area contributed by atoms with Crippen LogP contribution in [-0.4, -0.2) is 47.7 Å². The second kappa shape index (κ2) is 9.39. The zero-order valence-electron chi connectivity index (χ0n) is 16.7. The molecule has 2 N–H and O–H groups in total. The molecule has 1 unspecified atom stereocenters. The third-order valence-electron chi connectivity index (χ3n) is 4.83. The zero-order chi connectivity index (χ0) is 20.9. The highest BCUT2D eigenvalue weighted by Crippen LogP contribution is 2.15. The Kier molecular flexibility index (Phi) is 6.89. The van der Waals surface area contributed by atoms with E-state index >= 15 is 0 Å². The maximum atomic E-state index is 12.4. The van der Waals surface area contributed by atoms with Crippen molar-refractivity contribution < 1.29 is 17.9 Å². The fourth-order valence-corrected chi connectivity index (χ4v) is 4.17. The summed E-state index contributed by atoms with van der Waals surface area (Å²) in [5, 5.41) is 2.86. The van der Waals surface area contributed by atoms with Crippen LogP contribution >= 0.6 is 0 Å². The molecule has 1 atom stereocenters. The van der Waals surface area contributed by atoms with E-state index in [9.17, 15) is 13.2 Å². The number of sulfonamides is 1. The quantitative estimate of drug-likeness (QED) is 0.687. The van der Waals surface area contributed by atoms with Gasteiger partial charge in [-0.3, -0.25) is 4.79 Å². The van der Waals surface area contributed by atoms with Crippen LogP contribution in [0.5, 0.6) is 0 Å². The van der Waals surface area contributed by atoms with Crippen molar-refractivity contribution in [2.24, 2.45) is 0 Å². The van der Waals surface area contributed by atoms with Gasteiger partial charge in [0.25, 0.3) is 5.91 Å². The first-order valence-corrected chi connectivity index (χ1v) is 11.1. The molecular weight excluding hydrogens is 390 g/mol. The van der Waals surface area contributed by atoms with Gasteiger partial charge in [0.15, 0.2) is 0 Å². The highest BCUT2D eigenvalue weighted by atomic mass is 32.2. The average molecular weight is 418 g/mol. The predicted molar refractivity (Wildman–Crippen MR) is 113 cm³/mol. The van der Waals surface area contributed by atoms with E-state index < -0.39 is 10.0 Å². The number of nitrogens with one attached hydrogen (secondary N) is 2. The number of ether oxygens (including phenoxy) is 1. The average Bonchev–Trinajstić information content (AvgIpc) is 3.25. The Bertz CT molecular complexity index is 937. The molecule has 1 amide bonds. The third kappa shape index (κ3) is 5.79. The molecule has 2 aromatic rings. The van der Waals surface area contributed by atoms with Crippen LogP contribution in [0.4, 0.5) is 5.69 Å². The monoisotopic (exact) mass is 417 g/mol. The lowest BCUT2D eigenvalue weighted by molar-refractivity contribution is 0.0951. The lowest BCUT2D eigenvalue weighted by atomic mass is 10.1. The fraction of sp³-hybridized carbons (Fsp3) is 0.381. The first-order valence-electron chi connectivity index (χ1n) is 9.61. The molecule has 0 saturated carbocycles. The first kappa shape index (κ1) is 21.3. The molecule has 1 heterocycles. The number of amides is 1. The Morgan fingerprint density at radius 2 is 1.93 bits per heavy atom. The second-order valence-electron chi connectivity index (χ2n) is 7.26. The molecule has 29 heavy (non-hydrogen) atoms. The molecule has 1 aliphatic rings. The minimum absolute atomic E-state index is 0.0687. The van der Waals surface area contributed by atoms with Crippen LogP contribution in [0.25, 0.3) is 0 Å². The topological polar surface area (TPSA) is 87.7 Å². The molecule has 1 fully saturated rings. The molecule has 3 rings (SSSR count). The van der Waals surface area contributed by atoms with Crippen molar-refractivity contribution in [2.75, 3.05) is 32.1 Å². The van der Waals surface area contributed by atoms with Crippen molar-refractivity contribution in [3.63, 3.8) is 0 Å². The Hall–Kier alpha value is -2.42. The van der Waals surface area contributed by atoms with E-state index in [1.165, 1.54) is 24.3 Å². The van der Waals surface area contributed by atoms with Crippen LogP contribution in [0, 0.1) is 0 Å². The number of hydrogen-bond donors (Lipinski definition) is 2. The molecule has 2 aromatic carbocycles. The van der Waals surface area contributed by atoms with Gasteiger partial charge in [-0.25, -0.2) is 13.1 Å². The maximum Gasteiger partial charge on any atom is 0.251 e. The Labute approximate surface area is 172 Å². The molecule has 0 radical (unpaired) electrons.